The monoisotopic (exact) mass is 130 g/mol. The Balaban J connectivity index is 0.000000490. The van der Waals surface area contributed by atoms with Crippen LogP contribution in [0.3, 0.4) is 0 Å². The van der Waals surface area contributed by atoms with Crippen LogP contribution in [-0.4, -0.2) is 0 Å². The van der Waals surface area contributed by atoms with Gasteiger partial charge in [-0.25, -0.2) is 0 Å². The van der Waals surface area contributed by atoms with E-state index in [0.717, 1.165) is 0 Å². The maximum atomic E-state index is 5.30. The Morgan fingerprint density at radius 3 is 2.62 bits per heavy atom. The fraction of sp³-hybridized carbons (Fsp3) is 0.200. The molecule has 0 aliphatic carbocycles. The summed E-state index contributed by atoms with van der Waals surface area (Å²) in [5.41, 5.74) is 5.30. The number of nitrogens with two attached hydrogens (primary N) is 1. The van der Waals surface area contributed by atoms with Crippen molar-refractivity contribution in [2.45, 2.75) is 6.54 Å². The molecule has 3 heteroatoms. The molecule has 1 aromatic rings. The van der Waals surface area contributed by atoms with E-state index >= 15 is 0 Å². The van der Waals surface area contributed by atoms with Crippen LogP contribution >= 0.6 is 11.3 Å². The van der Waals surface area contributed by atoms with Gasteiger partial charge in [0.25, 0.3) is 0 Å². The Bertz CT molecular complexity index is 125. The molecular formula is C5H10N2S. The van der Waals surface area contributed by atoms with Crippen molar-refractivity contribution >= 4 is 11.3 Å². The van der Waals surface area contributed by atoms with Crippen LogP contribution in [0.1, 0.15) is 4.88 Å². The first kappa shape index (κ1) is 7.62. The zero-order chi connectivity index (χ0) is 5.11. The summed E-state index contributed by atoms with van der Waals surface area (Å²) in [4.78, 5) is 1.25. The first-order valence-corrected chi connectivity index (χ1v) is 3.04. The van der Waals surface area contributed by atoms with Gasteiger partial charge in [0, 0.05) is 11.4 Å². The molecule has 1 heterocycles. The van der Waals surface area contributed by atoms with E-state index in [2.05, 4.69) is 0 Å². The first-order valence-electron chi connectivity index (χ1n) is 2.16. The van der Waals surface area contributed by atoms with Crippen molar-refractivity contribution in [3.05, 3.63) is 22.4 Å². The normalized spacial score (nSPS) is 8.12. The van der Waals surface area contributed by atoms with Gasteiger partial charge in [-0.3, -0.25) is 0 Å². The Morgan fingerprint density at radius 2 is 2.38 bits per heavy atom. The van der Waals surface area contributed by atoms with Crippen LogP contribution in [0.5, 0.6) is 0 Å². The summed E-state index contributed by atoms with van der Waals surface area (Å²) in [5.74, 6) is 0. The zero-order valence-corrected chi connectivity index (χ0v) is 5.45. The van der Waals surface area contributed by atoms with Crippen molar-refractivity contribution in [3.8, 4) is 0 Å². The van der Waals surface area contributed by atoms with Crippen LogP contribution in [0.2, 0.25) is 0 Å². The molecule has 1 rings (SSSR count). The Hall–Kier alpha value is -0.380. The Kier molecular flexibility index (Phi) is 3.43. The quantitative estimate of drug-likeness (QED) is 0.603. The average molecular weight is 130 g/mol. The fourth-order valence-electron chi connectivity index (χ4n) is 0.429. The molecule has 5 N–H and O–H groups in total. The van der Waals surface area contributed by atoms with Gasteiger partial charge in [0.05, 0.1) is 0 Å². The molecule has 0 atom stereocenters. The maximum absolute atomic E-state index is 5.30. The molecule has 0 amide bonds. The molecule has 0 aliphatic heterocycles. The van der Waals surface area contributed by atoms with Crippen molar-refractivity contribution in [3.63, 3.8) is 0 Å². The molecular weight excluding hydrogens is 120 g/mol. The Labute approximate surface area is 52.9 Å². The lowest BCUT2D eigenvalue weighted by Crippen LogP contribution is -1.90. The van der Waals surface area contributed by atoms with Crippen molar-refractivity contribution in [1.82, 2.24) is 6.15 Å². The summed E-state index contributed by atoms with van der Waals surface area (Å²) in [6.07, 6.45) is 0. The van der Waals surface area contributed by atoms with Crippen molar-refractivity contribution in [2.75, 3.05) is 0 Å². The van der Waals surface area contributed by atoms with Gasteiger partial charge in [-0.15, -0.1) is 11.3 Å². The van der Waals surface area contributed by atoms with Gasteiger partial charge in [-0.2, -0.15) is 0 Å². The van der Waals surface area contributed by atoms with E-state index in [9.17, 15) is 0 Å². The highest BCUT2D eigenvalue weighted by atomic mass is 32.1. The summed E-state index contributed by atoms with van der Waals surface area (Å²) < 4.78 is 0. The zero-order valence-electron chi connectivity index (χ0n) is 4.63. The van der Waals surface area contributed by atoms with E-state index in [1.54, 1.807) is 11.3 Å². The van der Waals surface area contributed by atoms with E-state index in [1.165, 1.54) is 4.88 Å². The van der Waals surface area contributed by atoms with Crippen LogP contribution in [-0.2, 0) is 6.54 Å². The molecule has 0 radical (unpaired) electrons. The molecule has 0 aromatic carbocycles. The fourth-order valence-corrected chi connectivity index (χ4v) is 1.01. The van der Waals surface area contributed by atoms with Gasteiger partial charge >= 0.3 is 0 Å². The molecule has 0 spiro atoms. The van der Waals surface area contributed by atoms with Gasteiger partial charge < -0.3 is 11.9 Å². The van der Waals surface area contributed by atoms with E-state index in [4.69, 9.17) is 5.73 Å². The largest absolute Gasteiger partial charge is 0.344 e. The molecule has 46 valence electrons. The summed E-state index contributed by atoms with van der Waals surface area (Å²) in [5, 5.41) is 2.03. The molecule has 0 aliphatic rings. The second-order valence-corrected chi connectivity index (χ2v) is 2.32. The van der Waals surface area contributed by atoms with Crippen molar-refractivity contribution < 1.29 is 0 Å². The third-order valence-corrected chi connectivity index (χ3v) is 1.68. The van der Waals surface area contributed by atoms with E-state index < -0.39 is 0 Å². The highest BCUT2D eigenvalue weighted by Crippen LogP contribution is 2.05. The number of thiophene rings is 1. The molecule has 0 unspecified atom stereocenters. The van der Waals surface area contributed by atoms with Gasteiger partial charge in [-0.05, 0) is 11.4 Å². The molecule has 8 heavy (non-hydrogen) atoms. The summed E-state index contributed by atoms with van der Waals surface area (Å²) >= 11 is 1.70. The number of hydrogen-bond donors (Lipinski definition) is 2. The number of rotatable bonds is 1. The smallest absolute Gasteiger partial charge is 0.0273 e. The van der Waals surface area contributed by atoms with Crippen molar-refractivity contribution in [2.24, 2.45) is 5.73 Å². The second kappa shape index (κ2) is 3.60. The molecule has 0 bridgehead atoms. The second-order valence-electron chi connectivity index (χ2n) is 1.28. The third-order valence-electron chi connectivity index (χ3n) is 0.781. The van der Waals surface area contributed by atoms with Crippen LogP contribution in [0.15, 0.2) is 17.5 Å². The van der Waals surface area contributed by atoms with Crippen LogP contribution < -0.4 is 11.9 Å². The topological polar surface area (TPSA) is 61.0 Å². The maximum Gasteiger partial charge on any atom is 0.0273 e. The highest BCUT2D eigenvalue weighted by molar-refractivity contribution is 7.09. The van der Waals surface area contributed by atoms with Gasteiger partial charge in [0.2, 0.25) is 0 Å². The standard InChI is InChI=1S/C5H7NS.H3N/c6-4-5-2-1-3-7-5;/h1-3H,4,6H2;1H3. The average Bonchev–Trinajstić information content (AvgIpc) is 2.14. The van der Waals surface area contributed by atoms with Gasteiger partial charge in [0.1, 0.15) is 0 Å². The number of hydrogen-bond acceptors (Lipinski definition) is 3. The van der Waals surface area contributed by atoms with Crippen molar-refractivity contribution in [1.29, 1.82) is 0 Å². The van der Waals surface area contributed by atoms with Crippen LogP contribution in [0.4, 0.5) is 0 Å². The minimum atomic E-state index is 0. The summed E-state index contributed by atoms with van der Waals surface area (Å²) in [6, 6.07) is 4.04. The first-order chi connectivity index (χ1) is 3.43. The Morgan fingerprint density at radius 1 is 1.62 bits per heavy atom. The lowest BCUT2D eigenvalue weighted by molar-refractivity contribution is 1.11. The lowest BCUT2D eigenvalue weighted by atomic mass is 10.5. The lowest BCUT2D eigenvalue weighted by Gasteiger charge is -1.79. The van der Waals surface area contributed by atoms with Crippen LogP contribution in [0.25, 0.3) is 0 Å². The highest BCUT2D eigenvalue weighted by Gasteiger charge is 1.82. The minimum Gasteiger partial charge on any atom is -0.344 e. The van der Waals surface area contributed by atoms with E-state index in [1.807, 2.05) is 17.5 Å². The predicted molar refractivity (Wildman–Crippen MR) is 37.2 cm³/mol. The SMILES string of the molecule is N.NCc1cccs1. The molecule has 0 fully saturated rings. The molecule has 0 saturated heterocycles. The summed E-state index contributed by atoms with van der Waals surface area (Å²) in [6.45, 7) is 0.678. The molecule has 1 aromatic heterocycles. The van der Waals surface area contributed by atoms with E-state index in [-0.39, 0.29) is 6.15 Å². The van der Waals surface area contributed by atoms with Gasteiger partial charge in [-0.1, -0.05) is 6.07 Å². The molecule has 0 saturated carbocycles. The predicted octanol–water partition coefficient (Wildman–Crippen LogP) is 1.37. The summed E-state index contributed by atoms with van der Waals surface area (Å²) in [7, 11) is 0. The van der Waals surface area contributed by atoms with Crippen LogP contribution in [0, 0.1) is 0 Å². The minimum absolute atomic E-state index is 0. The van der Waals surface area contributed by atoms with E-state index in [0.29, 0.717) is 6.54 Å². The third kappa shape index (κ3) is 1.61. The molecule has 2 nitrogen and oxygen atoms in total. The van der Waals surface area contributed by atoms with Gasteiger partial charge in [0.15, 0.2) is 0 Å².